The first-order chi connectivity index (χ1) is 9.38. The van der Waals surface area contributed by atoms with Gasteiger partial charge in [0.25, 0.3) is 0 Å². The Bertz CT molecular complexity index is 559. The van der Waals surface area contributed by atoms with Crippen molar-refractivity contribution in [2.75, 3.05) is 32.5 Å². The summed E-state index contributed by atoms with van der Waals surface area (Å²) in [6.45, 7) is 4.01. The summed E-state index contributed by atoms with van der Waals surface area (Å²) in [4.78, 5) is 25.7. The first kappa shape index (κ1) is 16.1. The van der Waals surface area contributed by atoms with Crippen molar-refractivity contribution in [2.45, 2.75) is 13.8 Å². The number of hydrogen-bond acceptors (Lipinski definition) is 5. The van der Waals surface area contributed by atoms with E-state index in [-0.39, 0.29) is 24.9 Å². The number of carbonyl (C=O) groups excluding carboxylic acids is 2. The second kappa shape index (κ2) is 7.03. The molecule has 0 saturated heterocycles. The average molecular weight is 294 g/mol. The van der Waals surface area contributed by atoms with Crippen molar-refractivity contribution in [3.05, 3.63) is 16.0 Å². The van der Waals surface area contributed by atoms with Crippen LogP contribution in [-0.2, 0) is 9.59 Å². The average Bonchev–Trinajstić information content (AvgIpc) is 2.63. The highest BCUT2D eigenvalue weighted by Gasteiger charge is 2.16. The largest absolute Gasteiger partial charge is 0.358 e. The molecule has 0 aromatic carbocycles. The van der Waals surface area contributed by atoms with E-state index in [2.05, 4.69) is 16.7 Å². The van der Waals surface area contributed by atoms with Gasteiger partial charge >= 0.3 is 0 Å². The van der Waals surface area contributed by atoms with E-state index >= 15 is 0 Å². The molecule has 7 heteroatoms. The van der Waals surface area contributed by atoms with Crippen LogP contribution in [0.15, 0.2) is 0 Å². The molecule has 2 N–H and O–H groups in total. The fraction of sp³-hybridized carbons (Fsp3) is 0.462. The lowest BCUT2D eigenvalue weighted by Gasteiger charge is -2.14. The van der Waals surface area contributed by atoms with Crippen LogP contribution in [0.5, 0.6) is 0 Å². The zero-order chi connectivity index (χ0) is 15.3. The lowest BCUT2D eigenvalue weighted by atomic mass is 10.2. The highest BCUT2D eigenvalue weighted by atomic mass is 32.1. The smallest absolute Gasteiger partial charge is 0.239 e. The van der Waals surface area contributed by atoms with Crippen molar-refractivity contribution in [3.8, 4) is 6.07 Å². The van der Waals surface area contributed by atoms with Crippen molar-refractivity contribution in [1.82, 2.24) is 10.2 Å². The van der Waals surface area contributed by atoms with Crippen molar-refractivity contribution >= 4 is 28.2 Å². The Morgan fingerprint density at radius 2 is 1.90 bits per heavy atom. The summed E-state index contributed by atoms with van der Waals surface area (Å²) in [6, 6.07) is 2.10. The molecule has 0 aliphatic heterocycles. The van der Waals surface area contributed by atoms with Gasteiger partial charge in [-0.05, 0) is 26.5 Å². The molecular formula is C13H18N4O2S. The van der Waals surface area contributed by atoms with Crippen molar-refractivity contribution in [3.63, 3.8) is 0 Å². The predicted molar refractivity (Wildman–Crippen MR) is 78.7 cm³/mol. The van der Waals surface area contributed by atoms with Gasteiger partial charge in [-0.15, -0.1) is 11.3 Å². The molecule has 1 aromatic rings. The minimum atomic E-state index is -0.242. The molecule has 20 heavy (non-hydrogen) atoms. The highest BCUT2D eigenvalue weighted by molar-refractivity contribution is 7.16. The van der Waals surface area contributed by atoms with Crippen LogP contribution in [0.4, 0.5) is 5.00 Å². The third-order valence-corrected chi connectivity index (χ3v) is 3.98. The Kier molecular flexibility index (Phi) is 5.67. The normalized spacial score (nSPS) is 10.2. The Hall–Kier alpha value is -1.91. The number of nitriles is 1. The predicted octanol–water partition coefficient (Wildman–Crippen LogP) is 0.853. The first-order valence-electron chi connectivity index (χ1n) is 6.08. The molecular weight excluding hydrogens is 276 g/mol. The molecule has 108 valence electrons. The van der Waals surface area contributed by atoms with Crippen molar-refractivity contribution < 1.29 is 9.59 Å². The monoisotopic (exact) mass is 294 g/mol. The molecule has 0 bridgehead atoms. The van der Waals surface area contributed by atoms with Crippen LogP contribution < -0.4 is 10.6 Å². The zero-order valence-corrected chi connectivity index (χ0v) is 12.8. The maximum atomic E-state index is 11.9. The molecule has 0 radical (unpaired) electrons. The van der Waals surface area contributed by atoms with E-state index < -0.39 is 0 Å². The summed E-state index contributed by atoms with van der Waals surface area (Å²) in [5, 5.41) is 14.9. The first-order valence-corrected chi connectivity index (χ1v) is 6.89. The van der Waals surface area contributed by atoms with Gasteiger partial charge in [0.2, 0.25) is 11.8 Å². The Morgan fingerprint density at radius 1 is 1.30 bits per heavy atom. The van der Waals surface area contributed by atoms with Gasteiger partial charge in [-0.2, -0.15) is 5.26 Å². The van der Waals surface area contributed by atoms with Gasteiger partial charge in [0.15, 0.2) is 0 Å². The molecule has 0 saturated carbocycles. The summed E-state index contributed by atoms with van der Waals surface area (Å²) in [5.74, 6) is -0.394. The standard InChI is InChI=1S/C13H18N4O2S/c1-8-9(2)20-13(10(8)5-14)16-12(19)7-17(4)6-11(18)15-3/h6-7H2,1-4H3,(H,15,18)(H,16,19). The van der Waals surface area contributed by atoms with Crippen LogP contribution in [0.3, 0.4) is 0 Å². The number of likely N-dealkylation sites (N-methyl/N-ethyl adjacent to an activating group) is 2. The van der Waals surface area contributed by atoms with Crippen molar-refractivity contribution in [1.29, 1.82) is 5.26 Å². The molecule has 0 aliphatic rings. The molecule has 1 heterocycles. The fourth-order valence-corrected chi connectivity index (χ4v) is 2.67. The molecule has 0 fully saturated rings. The molecule has 1 aromatic heterocycles. The molecule has 0 unspecified atom stereocenters. The van der Waals surface area contributed by atoms with E-state index in [4.69, 9.17) is 5.26 Å². The number of thiophene rings is 1. The van der Waals surface area contributed by atoms with Gasteiger partial charge in [-0.3, -0.25) is 14.5 Å². The summed E-state index contributed by atoms with van der Waals surface area (Å²) < 4.78 is 0. The number of anilines is 1. The molecule has 0 spiro atoms. The number of amides is 2. The van der Waals surface area contributed by atoms with E-state index in [1.54, 1.807) is 19.0 Å². The van der Waals surface area contributed by atoms with Gasteiger partial charge < -0.3 is 10.6 Å². The summed E-state index contributed by atoms with van der Waals surface area (Å²) in [5.41, 5.74) is 1.40. The maximum Gasteiger partial charge on any atom is 0.239 e. The van der Waals surface area contributed by atoms with Gasteiger partial charge in [0.1, 0.15) is 11.1 Å². The van der Waals surface area contributed by atoms with E-state index in [9.17, 15) is 9.59 Å². The number of nitrogens with zero attached hydrogens (tertiary/aromatic N) is 2. The SMILES string of the molecule is CNC(=O)CN(C)CC(=O)Nc1sc(C)c(C)c1C#N. The molecule has 2 amide bonds. The lowest BCUT2D eigenvalue weighted by molar-refractivity contribution is -0.122. The van der Waals surface area contributed by atoms with Crippen LogP contribution >= 0.6 is 11.3 Å². The van der Waals surface area contributed by atoms with Crippen LogP contribution in [-0.4, -0.2) is 43.9 Å². The summed E-state index contributed by atoms with van der Waals surface area (Å²) in [6.07, 6.45) is 0. The number of nitrogens with one attached hydrogen (secondary N) is 2. The van der Waals surface area contributed by atoms with Crippen LogP contribution in [0.25, 0.3) is 0 Å². The van der Waals surface area contributed by atoms with Crippen molar-refractivity contribution in [2.24, 2.45) is 0 Å². The minimum Gasteiger partial charge on any atom is -0.358 e. The Morgan fingerprint density at radius 3 is 2.45 bits per heavy atom. The van der Waals surface area contributed by atoms with Gasteiger partial charge in [0, 0.05) is 11.9 Å². The van der Waals surface area contributed by atoms with E-state index in [1.165, 1.54) is 11.3 Å². The highest BCUT2D eigenvalue weighted by Crippen LogP contribution is 2.31. The molecule has 0 atom stereocenters. The Labute approximate surface area is 122 Å². The number of aryl methyl sites for hydroxylation is 1. The third-order valence-electron chi connectivity index (χ3n) is 2.86. The number of carbonyl (C=O) groups is 2. The molecule has 6 nitrogen and oxygen atoms in total. The topological polar surface area (TPSA) is 85.2 Å². The number of rotatable bonds is 5. The van der Waals surface area contributed by atoms with E-state index in [0.29, 0.717) is 10.6 Å². The van der Waals surface area contributed by atoms with E-state index in [0.717, 1.165) is 10.4 Å². The third kappa shape index (κ3) is 4.05. The fourth-order valence-electron chi connectivity index (χ4n) is 1.64. The van der Waals surface area contributed by atoms with Crippen LogP contribution in [0, 0.1) is 25.2 Å². The summed E-state index contributed by atoms with van der Waals surface area (Å²) >= 11 is 1.39. The zero-order valence-electron chi connectivity index (χ0n) is 12.0. The van der Waals surface area contributed by atoms with Crippen LogP contribution in [0.2, 0.25) is 0 Å². The molecule has 0 aliphatic carbocycles. The quantitative estimate of drug-likeness (QED) is 0.843. The minimum absolute atomic E-state index is 0.0916. The molecule has 1 rings (SSSR count). The van der Waals surface area contributed by atoms with E-state index in [1.807, 2.05) is 13.8 Å². The van der Waals surface area contributed by atoms with Gasteiger partial charge in [0.05, 0.1) is 18.7 Å². The second-order valence-electron chi connectivity index (χ2n) is 4.49. The summed E-state index contributed by atoms with van der Waals surface area (Å²) in [7, 11) is 3.23. The Balaban J connectivity index is 2.66. The number of hydrogen-bond donors (Lipinski definition) is 2. The second-order valence-corrected chi connectivity index (χ2v) is 5.72. The van der Waals surface area contributed by atoms with Crippen LogP contribution in [0.1, 0.15) is 16.0 Å². The van der Waals surface area contributed by atoms with Gasteiger partial charge in [-0.25, -0.2) is 0 Å². The lowest BCUT2D eigenvalue weighted by Crippen LogP contribution is -2.37. The van der Waals surface area contributed by atoms with Gasteiger partial charge in [-0.1, -0.05) is 0 Å². The maximum absolute atomic E-state index is 11.9.